The van der Waals surface area contributed by atoms with Gasteiger partial charge in [0.1, 0.15) is 30.4 Å². The monoisotopic (exact) mass is 323 g/mol. The normalized spacial score (nSPS) is 36.7. The van der Waals surface area contributed by atoms with Gasteiger partial charge in [-0.25, -0.2) is 9.79 Å². The molecular weight excluding hydrogens is 306 g/mol. The fourth-order valence-corrected chi connectivity index (χ4v) is 2.81. The van der Waals surface area contributed by atoms with Gasteiger partial charge in [0.15, 0.2) is 6.23 Å². The van der Waals surface area contributed by atoms with Crippen LogP contribution in [-0.2, 0) is 9.53 Å². The van der Waals surface area contributed by atoms with Gasteiger partial charge < -0.3 is 20.1 Å². The summed E-state index contributed by atoms with van der Waals surface area (Å²) in [6.45, 7) is 1.20. The molecule has 9 nitrogen and oxygen atoms in total. The van der Waals surface area contributed by atoms with Gasteiger partial charge in [-0.05, 0) is 13.0 Å². The highest BCUT2D eigenvalue weighted by Gasteiger charge is 2.48. The van der Waals surface area contributed by atoms with Crippen LogP contribution in [0.15, 0.2) is 29.0 Å². The Kier molecular flexibility index (Phi) is 4.02. The Labute approximate surface area is 131 Å². The molecule has 23 heavy (non-hydrogen) atoms. The number of urea groups is 1. The van der Waals surface area contributed by atoms with Crippen molar-refractivity contribution >= 4 is 18.2 Å². The lowest BCUT2D eigenvalue weighted by Crippen LogP contribution is -2.57. The summed E-state index contributed by atoms with van der Waals surface area (Å²) in [6, 6.07) is -1.06. The van der Waals surface area contributed by atoms with Crippen LogP contribution >= 0.6 is 0 Å². The molecule has 1 fully saturated rings. The van der Waals surface area contributed by atoms with Crippen molar-refractivity contribution in [1.29, 1.82) is 0 Å². The second-order valence-corrected chi connectivity index (χ2v) is 5.51. The molecule has 0 aromatic heterocycles. The molecule has 5 atom stereocenters. The average Bonchev–Trinajstić information content (AvgIpc) is 2.83. The number of aliphatic hydroxyl groups excluding tert-OH is 3. The zero-order chi connectivity index (χ0) is 16.7. The lowest BCUT2D eigenvalue weighted by Gasteiger charge is -2.39. The summed E-state index contributed by atoms with van der Waals surface area (Å²) in [6.07, 6.45) is 0.206. The van der Waals surface area contributed by atoms with E-state index in [0.717, 1.165) is 4.90 Å². The highest BCUT2D eigenvalue weighted by Crippen LogP contribution is 2.29. The number of aliphatic hydroxyl groups is 3. The topological polar surface area (TPSA) is 123 Å². The molecule has 3 aliphatic rings. The number of aldehydes is 1. The van der Waals surface area contributed by atoms with Crippen LogP contribution < -0.4 is 0 Å². The SMILES string of the molecule is CC1C(C=O)=CN=C2C=CN([C@@H]3O[C@H](CO)[C@@H](O)[C@H]3O)C(=O)N21. The van der Waals surface area contributed by atoms with E-state index in [-0.39, 0.29) is 0 Å². The van der Waals surface area contributed by atoms with Gasteiger partial charge in [-0.1, -0.05) is 0 Å². The molecule has 3 N–H and O–H groups in total. The molecule has 0 bridgehead atoms. The van der Waals surface area contributed by atoms with Crippen LogP contribution in [-0.4, -0.2) is 80.5 Å². The first-order valence-electron chi connectivity index (χ1n) is 7.14. The van der Waals surface area contributed by atoms with Gasteiger partial charge in [-0.15, -0.1) is 0 Å². The van der Waals surface area contributed by atoms with E-state index >= 15 is 0 Å². The van der Waals surface area contributed by atoms with Crippen molar-refractivity contribution in [3.05, 3.63) is 24.0 Å². The van der Waals surface area contributed by atoms with Crippen LogP contribution in [0.5, 0.6) is 0 Å². The van der Waals surface area contributed by atoms with Gasteiger partial charge in [0.05, 0.1) is 12.6 Å². The van der Waals surface area contributed by atoms with Gasteiger partial charge in [0.25, 0.3) is 0 Å². The highest BCUT2D eigenvalue weighted by molar-refractivity contribution is 6.08. The number of carbonyl (C=O) groups is 2. The maximum Gasteiger partial charge on any atom is 0.332 e. The van der Waals surface area contributed by atoms with Gasteiger partial charge in [-0.3, -0.25) is 14.6 Å². The smallest absolute Gasteiger partial charge is 0.332 e. The van der Waals surface area contributed by atoms with E-state index in [1.54, 1.807) is 13.0 Å². The summed E-state index contributed by atoms with van der Waals surface area (Å²) < 4.78 is 5.37. The molecule has 1 unspecified atom stereocenters. The zero-order valence-electron chi connectivity index (χ0n) is 12.3. The Morgan fingerprint density at radius 1 is 1.39 bits per heavy atom. The van der Waals surface area contributed by atoms with Crippen molar-refractivity contribution in [3.8, 4) is 0 Å². The molecule has 0 aliphatic carbocycles. The maximum atomic E-state index is 12.7. The Balaban J connectivity index is 1.88. The van der Waals surface area contributed by atoms with Crippen molar-refractivity contribution in [2.45, 2.75) is 37.5 Å². The molecule has 3 heterocycles. The molecule has 0 spiro atoms. The molecule has 124 valence electrons. The predicted octanol–water partition coefficient (Wildman–Crippen LogP) is -1.44. The molecule has 0 radical (unpaired) electrons. The minimum atomic E-state index is -1.36. The third-order valence-corrected chi connectivity index (χ3v) is 4.20. The van der Waals surface area contributed by atoms with Gasteiger partial charge in [0, 0.05) is 18.0 Å². The molecule has 1 saturated heterocycles. The van der Waals surface area contributed by atoms with E-state index in [1.165, 1.54) is 17.3 Å². The van der Waals surface area contributed by atoms with Crippen molar-refractivity contribution in [1.82, 2.24) is 9.80 Å². The van der Waals surface area contributed by atoms with Crippen LogP contribution in [0.2, 0.25) is 0 Å². The first-order chi connectivity index (χ1) is 11.0. The minimum Gasteiger partial charge on any atom is -0.394 e. The van der Waals surface area contributed by atoms with E-state index in [4.69, 9.17) is 9.84 Å². The van der Waals surface area contributed by atoms with Crippen LogP contribution in [0.3, 0.4) is 0 Å². The second kappa shape index (κ2) is 5.85. The van der Waals surface area contributed by atoms with Gasteiger partial charge >= 0.3 is 6.03 Å². The molecular formula is C14H17N3O6. The standard InChI is InChI=1S/C14H17N3O6/c1-7-8(5-18)4-15-10-2-3-16(14(22)17(7)10)13-12(21)11(20)9(6-19)23-13/h2-5,7,9,11-13,19-21H,6H2,1H3/t7?,9-,11-,12-,13-/m1/s1. The quantitative estimate of drug-likeness (QED) is 0.547. The van der Waals surface area contributed by atoms with E-state index in [1.807, 2.05) is 0 Å². The Morgan fingerprint density at radius 2 is 2.13 bits per heavy atom. The van der Waals surface area contributed by atoms with E-state index in [0.29, 0.717) is 17.7 Å². The maximum absolute atomic E-state index is 12.7. The predicted molar refractivity (Wildman–Crippen MR) is 77.0 cm³/mol. The summed E-state index contributed by atoms with van der Waals surface area (Å²) in [5.41, 5.74) is 0.346. The van der Waals surface area contributed by atoms with Gasteiger partial charge in [0.2, 0.25) is 0 Å². The molecule has 0 aromatic carbocycles. The highest BCUT2D eigenvalue weighted by atomic mass is 16.6. The average molecular weight is 323 g/mol. The second-order valence-electron chi connectivity index (χ2n) is 5.51. The zero-order valence-corrected chi connectivity index (χ0v) is 12.3. The number of ether oxygens (including phenoxy) is 1. The minimum absolute atomic E-state index is 0.346. The fraction of sp³-hybridized carbons (Fsp3) is 0.500. The van der Waals surface area contributed by atoms with Crippen molar-refractivity contribution in [2.24, 2.45) is 4.99 Å². The lowest BCUT2D eigenvalue weighted by molar-refractivity contribution is -0.105. The van der Waals surface area contributed by atoms with Crippen LogP contribution in [0.25, 0.3) is 0 Å². The molecule has 3 aliphatic heterocycles. The fourth-order valence-electron chi connectivity index (χ4n) is 2.81. The summed E-state index contributed by atoms with van der Waals surface area (Å²) in [4.78, 5) is 30.2. The number of amidine groups is 1. The third-order valence-electron chi connectivity index (χ3n) is 4.20. The van der Waals surface area contributed by atoms with Crippen LogP contribution in [0, 0.1) is 0 Å². The molecule has 2 amide bonds. The number of nitrogens with zero attached hydrogens (tertiary/aromatic N) is 3. The Hall–Kier alpha value is -2.07. The Bertz CT molecular complexity index is 616. The van der Waals surface area contributed by atoms with Crippen LogP contribution in [0.4, 0.5) is 4.79 Å². The van der Waals surface area contributed by atoms with E-state index in [2.05, 4.69) is 4.99 Å². The number of rotatable bonds is 3. The summed E-state index contributed by atoms with van der Waals surface area (Å²) >= 11 is 0. The first-order valence-corrected chi connectivity index (χ1v) is 7.14. The molecule has 0 saturated carbocycles. The van der Waals surface area contributed by atoms with Gasteiger partial charge in [-0.2, -0.15) is 0 Å². The number of amides is 2. The third kappa shape index (κ3) is 2.38. The first kappa shape index (κ1) is 15.8. The van der Waals surface area contributed by atoms with Crippen molar-refractivity contribution in [2.75, 3.05) is 6.61 Å². The van der Waals surface area contributed by atoms with Crippen LogP contribution in [0.1, 0.15) is 6.92 Å². The summed E-state index contributed by atoms with van der Waals surface area (Å²) in [7, 11) is 0. The largest absolute Gasteiger partial charge is 0.394 e. The van der Waals surface area contributed by atoms with Crippen molar-refractivity contribution < 1.29 is 29.6 Å². The van der Waals surface area contributed by atoms with Crippen molar-refractivity contribution in [3.63, 3.8) is 0 Å². The summed E-state index contributed by atoms with van der Waals surface area (Å²) in [5, 5.41) is 29.0. The number of carbonyl (C=O) groups excluding carboxylic acids is 2. The molecule has 0 aromatic rings. The Morgan fingerprint density at radius 3 is 2.74 bits per heavy atom. The van der Waals surface area contributed by atoms with E-state index < -0.39 is 43.2 Å². The lowest BCUT2D eigenvalue weighted by atomic mass is 10.1. The summed E-state index contributed by atoms with van der Waals surface area (Å²) in [5.74, 6) is 0.371. The number of hydrogen-bond donors (Lipinski definition) is 3. The van der Waals surface area contributed by atoms with E-state index in [9.17, 15) is 19.8 Å². The number of hydrogen-bond acceptors (Lipinski definition) is 7. The molecule has 3 rings (SSSR count). The molecule has 9 heteroatoms. The number of aliphatic imine (C=N–C) groups is 1. The number of fused-ring (bicyclic) bond motifs is 1.